The van der Waals surface area contributed by atoms with Gasteiger partial charge in [0.05, 0.1) is 19.2 Å². The summed E-state index contributed by atoms with van der Waals surface area (Å²) in [6.45, 7) is 2.30. The van der Waals surface area contributed by atoms with Crippen molar-refractivity contribution in [2.75, 3.05) is 17.2 Å². The van der Waals surface area contributed by atoms with Crippen LogP contribution in [0.2, 0.25) is 0 Å². The van der Waals surface area contributed by atoms with E-state index in [-0.39, 0.29) is 43.3 Å². The van der Waals surface area contributed by atoms with Gasteiger partial charge in [0.2, 0.25) is 11.8 Å². The summed E-state index contributed by atoms with van der Waals surface area (Å²) in [5.74, 6) is -0.321. The molecule has 180 valence electrons. The normalized spacial score (nSPS) is 10.7. The summed E-state index contributed by atoms with van der Waals surface area (Å²) in [7, 11) is 0. The first-order chi connectivity index (χ1) is 16.4. The number of nitrogen functional groups attached to an aromatic ring is 1. The van der Waals surface area contributed by atoms with Gasteiger partial charge in [0.15, 0.2) is 5.69 Å². The molecule has 4 N–H and O–H groups in total. The minimum absolute atomic E-state index is 0.0525. The van der Waals surface area contributed by atoms with Crippen molar-refractivity contribution in [1.29, 1.82) is 0 Å². The first-order valence-corrected chi connectivity index (χ1v) is 11.2. The van der Waals surface area contributed by atoms with Crippen LogP contribution in [0.5, 0.6) is 0 Å². The van der Waals surface area contributed by atoms with Gasteiger partial charge >= 0.3 is 5.69 Å². The highest BCUT2D eigenvalue weighted by atomic mass is 16.3. The Bertz CT molecular complexity index is 1210. The fourth-order valence-electron chi connectivity index (χ4n) is 3.51. The van der Waals surface area contributed by atoms with Gasteiger partial charge in [-0.05, 0) is 24.1 Å². The molecule has 2 aromatic heterocycles. The van der Waals surface area contributed by atoms with Crippen LogP contribution in [0.3, 0.4) is 0 Å². The molecule has 0 spiro atoms. The smallest absolute Gasteiger partial charge is 0.330 e. The van der Waals surface area contributed by atoms with Crippen molar-refractivity contribution in [1.82, 2.24) is 14.9 Å². The van der Waals surface area contributed by atoms with Crippen LogP contribution in [0.1, 0.15) is 37.5 Å². The number of hydrogen-bond donors (Lipinski definition) is 3. The molecule has 10 heteroatoms. The second kappa shape index (κ2) is 11.7. The second-order valence-corrected chi connectivity index (χ2v) is 7.82. The molecule has 0 radical (unpaired) electrons. The maximum absolute atomic E-state index is 13.2. The van der Waals surface area contributed by atoms with Crippen LogP contribution < -0.4 is 27.2 Å². The highest BCUT2D eigenvalue weighted by Gasteiger charge is 2.25. The molecule has 0 unspecified atom stereocenters. The number of aromatic nitrogens is 2. The predicted molar refractivity (Wildman–Crippen MR) is 128 cm³/mol. The van der Waals surface area contributed by atoms with E-state index < -0.39 is 17.2 Å². The van der Waals surface area contributed by atoms with E-state index in [0.717, 1.165) is 12.0 Å². The Balaban J connectivity index is 1.78. The summed E-state index contributed by atoms with van der Waals surface area (Å²) in [5, 5.41) is 2.72. The molecular formula is C24H29N5O5. The molecule has 0 aliphatic rings. The first-order valence-electron chi connectivity index (χ1n) is 11.2. The quantitative estimate of drug-likeness (QED) is 0.392. The number of rotatable bonds is 11. The fourth-order valence-corrected chi connectivity index (χ4v) is 3.51. The standard InChI is InChI=1S/C24H29N5O5/c1-2-3-13-28-22(25)21(23(32)27-24(28)33)29(16-18-10-7-14-34-18)20(31)11-12-26-19(30)15-17-8-5-4-6-9-17/h4-10,14H,2-3,11-13,15-16,25H2,1H3,(H,26,30)(H,27,32,33). The number of H-pyrrole nitrogens is 1. The SMILES string of the molecule is CCCCn1c(N)c(N(Cc2ccco2)C(=O)CCNC(=O)Cc2ccccc2)c(=O)[nH]c1=O. The zero-order valence-corrected chi connectivity index (χ0v) is 19.1. The first kappa shape index (κ1) is 24.6. The third-order valence-electron chi connectivity index (χ3n) is 5.28. The molecule has 1 aromatic carbocycles. The third kappa shape index (κ3) is 6.25. The average molecular weight is 468 g/mol. The van der Waals surface area contributed by atoms with Crippen molar-refractivity contribution >= 4 is 23.3 Å². The van der Waals surface area contributed by atoms with Crippen LogP contribution in [0.25, 0.3) is 0 Å². The van der Waals surface area contributed by atoms with Gasteiger partial charge < -0.3 is 15.5 Å². The van der Waals surface area contributed by atoms with E-state index in [4.69, 9.17) is 10.2 Å². The number of anilines is 2. The predicted octanol–water partition coefficient (Wildman–Crippen LogP) is 1.79. The number of carbonyl (C=O) groups is 2. The van der Waals surface area contributed by atoms with Crippen molar-refractivity contribution in [3.05, 3.63) is 80.9 Å². The monoisotopic (exact) mass is 467 g/mol. The summed E-state index contributed by atoms with van der Waals surface area (Å²) in [6, 6.07) is 12.6. The molecule has 0 atom stereocenters. The minimum Gasteiger partial charge on any atom is -0.467 e. The second-order valence-electron chi connectivity index (χ2n) is 7.82. The van der Waals surface area contributed by atoms with Crippen molar-refractivity contribution in [2.45, 2.75) is 45.7 Å². The topological polar surface area (TPSA) is 143 Å². The molecule has 34 heavy (non-hydrogen) atoms. The molecule has 0 aliphatic heterocycles. The Kier molecular flexibility index (Phi) is 8.44. The summed E-state index contributed by atoms with van der Waals surface area (Å²) in [5.41, 5.74) is 5.56. The van der Waals surface area contributed by atoms with Crippen molar-refractivity contribution in [3.8, 4) is 0 Å². The van der Waals surface area contributed by atoms with Gasteiger partial charge in [-0.2, -0.15) is 0 Å². The number of benzene rings is 1. The number of furan rings is 1. The van der Waals surface area contributed by atoms with Gasteiger partial charge in [0.25, 0.3) is 5.56 Å². The Hall–Kier alpha value is -4.08. The Morgan fingerprint density at radius 2 is 1.91 bits per heavy atom. The van der Waals surface area contributed by atoms with Crippen LogP contribution in [0.4, 0.5) is 11.5 Å². The van der Waals surface area contributed by atoms with Crippen molar-refractivity contribution in [3.63, 3.8) is 0 Å². The van der Waals surface area contributed by atoms with Gasteiger partial charge in [0, 0.05) is 19.5 Å². The third-order valence-corrected chi connectivity index (χ3v) is 5.28. The van der Waals surface area contributed by atoms with E-state index in [1.165, 1.54) is 15.7 Å². The zero-order valence-electron chi connectivity index (χ0n) is 19.1. The van der Waals surface area contributed by atoms with Crippen molar-refractivity contribution in [2.24, 2.45) is 0 Å². The minimum atomic E-state index is -0.761. The number of aromatic amines is 1. The van der Waals surface area contributed by atoms with Gasteiger partial charge in [-0.1, -0.05) is 43.7 Å². The van der Waals surface area contributed by atoms with Crippen LogP contribution in [0.15, 0.2) is 62.7 Å². The number of nitrogens with two attached hydrogens (primary N) is 1. The van der Waals surface area contributed by atoms with Gasteiger partial charge in [-0.25, -0.2) is 4.79 Å². The van der Waals surface area contributed by atoms with Gasteiger partial charge in [-0.15, -0.1) is 0 Å². The molecule has 3 aromatic rings. The lowest BCUT2D eigenvalue weighted by atomic mass is 10.1. The van der Waals surface area contributed by atoms with E-state index in [0.29, 0.717) is 18.7 Å². The van der Waals surface area contributed by atoms with Crippen LogP contribution in [-0.4, -0.2) is 27.9 Å². The zero-order chi connectivity index (χ0) is 24.5. The number of amides is 2. The molecule has 0 aliphatic carbocycles. The van der Waals surface area contributed by atoms with E-state index in [1.807, 2.05) is 37.3 Å². The summed E-state index contributed by atoms with van der Waals surface area (Å²) in [4.78, 5) is 53.8. The summed E-state index contributed by atoms with van der Waals surface area (Å²) < 4.78 is 6.61. The number of nitrogens with zero attached hydrogens (tertiary/aromatic N) is 2. The lowest BCUT2D eigenvalue weighted by molar-refractivity contribution is -0.121. The maximum atomic E-state index is 13.2. The molecule has 0 saturated heterocycles. The summed E-state index contributed by atoms with van der Waals surface area (Å²) in [6.07, 6.45) is 3.07. The molecule has 2 heterocycles. The van der Waals surface area contributed by atoms with E-state index in [2.05, 4.69) is 10.3 Å². The molecular weight excluding hydrogens is 438 g/mol. The largest absolute Gasteiger partial charge is 0.467 e. The highest BCUT2D eigenvalue weighted by molar-refractivity contribution is 5.95. The Morgan fingerprint density at radius 3 is 2.59 bits per heavy atom. The lowest BCUT2D eigenvalue weighted by Gasteiger charge is -2.24. The van der Waals surface area contributed by atoms with E-state index in [1.54, 1.807) is 12.1 Å². The molecule has 3 rings (SSSR count). The number of carbonyl (C=O) groups excluding carboxylic acids is 2. The maximum Gasteiger partial charge on any atom is 0.330 e. The molecule has 0 saturated carbocycles. The fraction of sp³-hybridized carbons (Fsp3) is 0.333. The van der Waals surface area contributed by atoms with Crippen LogP contribution >= 0.6 is 0 Å². The Morgan fingerprint density at radius 1 is 1.15 bits per heavy atom. The molecule has 2 amide bonds. The number of unbranched alkanes of at least 4 members (excludes halogenated alkanes) is 1. The summed E-state index contributed by atoms with van der Waals surface area (Å²) >= 11 is 0. The molecule has 0 fully saturated rings. The van der Waals surface area contributed by atoms with Crippen LogP contribution in [-0.2, 0) is 29.1 Å². The average Bonchev–Trinajstić information content (AvgIpc) is 3.32. The molecule has 10 nitrogen and oxygen atoms in total. The molecule has 0 bridgehead atoms. The number of nitrogens with one attached hydrogen (secondary N) is 2. The van der Waals surface area contributed by atoms with Gasteiger partial charge in [-0.3, -0.25) is 28.8 Å². The lowest BCUT2D eigenvalue weighted by Crippen LogP contribution is -2.41. The van der Waals surface area contributed by atoms with Gasteiger partial charge in [0.1, 0.15) is 11.6 Å². The van der Waals surface area contributed by atoms with E-state index >= 15 is 0 Å². The Labute approximate surface area is 196 Å². The van der Waals surface area contributed by atoms with Crippen molar-refractivity contribution < 1.29 is 14.0 Å². The highest BCUT2D eigenvalue weighted by Crippen LogP contribution is 2.21. The number of hydrogen-bond acceptors (Lipinski definition) is 6. The van der Waals surface area contributed by atoms with Crippen LogP contribution in [0, 0.1) is 0 Å². The van der Waals surface area contributed by atoms with E-state index in [9.17, 15) is 19.2 Å².